The molecule has 0 amide bonds. The summed E-state index contributed by atoms with van der Waals surface area (Å²) in [7, 11) is 1.81. The first-order valence-corrected chi connectivity index (χ1v) is 7.18. The fraction of sp³-hybridized carbons (Fsp3) is 0.111. The lowest BCUT2D eigenvalue weighted by atomic mass is 10.0. The zero-order chi connectivity index (χ0) is 16.6. The van der Waals surface area contributed by atoms with Crippen LogP contribution in [0.4, 0.5) is 0 Å². The average molecular weight is 308 g/mol. The van der Waals surface area contributed by atoms with E-state index >= 15 is 0 Å². The third kappa shape index (κ3) is 2.46. The maximum absolute atomic E-state index is 12.9. The van der Waals surface area contributed by atoms with Gasteiger partial charge in [-0.2, -0.15) is 0 Å². The number of rotatable bonds is 3. The summed E-state index contributed by atoms with van der Waals surface area (Å²) in [6, 6.07) is 15.8. The van der Waals surface area contributed by atoms with Crippen LogP contribution in [0.3, 0.4) is 0 Å². The van der Waals surface area contributed by atoms with Gasteiger partial charge in [0.1, 0.15) is 0 Å². The summed E-state index contributed by atoms with van der Waals surface area (Å²) in [5.41, 5.74) is 2.66. The highest BCUT2D eigenvalue weighted by atomic mass is 16.4. The largest absolute Gasteiger partial charge is 0.478 e. The third-order valence-electron chi connectivity index (χ3n) is 3.95. The van der Waals surface area contributed by atoms with Gasteiger partial charge in [-0.3, -0.25) is 9.48 Å². The standard InChI is InChI=1S/C18H16N2O3/c1-12-16(13-7-6-8-14(11-13)18(22)23)17(21)20(19(12)2)15-9-4-3-5-10-15/h3-11H,1-2H3,(H,22,23). The van der Waals surface area contributed by atoms with Crippen molar-refractivity contribution in [2.75, 3.05) is 0 Å². The molecule has 1 heterocycles. The molecule has 0 spiro atoms. The van der Waals surface area contributed by atoms with Gasteiger partial charge in [-0.1, -0.05) is 30.3 Å². The highest BCUT2D eigenvalue weighted by Crippen LogP contribution is 2.22. The van der Waals surface area contributed by atoms with Crippen molar-refractivity contribution in [3.63, 3.8) is 0 Å². The Morgan fingerprint density at radius 2 is 1.74 bits per heavy atom. The quantitative estimate of drug-likeness (QED) is 0.809. The Bertz CT molecular complexity index is 937. The molecule has 0 atom stereocenters. The summed E-state index contributed by atoms with van der Waals surface area (Å²) in [5.74, 6) is -1.01. The number of hydrogen-bond acceptors (Lipinski definition) is 2. The number of benzene rings is 2. The molecule has 2 aromatic carbocycles. The molecule has 5 heteroatoms. The van der Waals surface area contributed by atoms with Crippen molar-refractivity contribution in [1.29, 1.82) is 0 Å². The van der Waals surface area contributed by atoms with E-state index in [0.29, 0.717) is 11.1 Å². The van der Waals surface area contributed by atoms with E-state index in [1.165, 1.54) is 12.1 Å². The summed E-state index contributed by atoms with van der Waals surface area (Å²) in [6.07, 6.45) is 0. The number of nitrogens with zero attached hydrogens (tertiary/aromatic N) is 2. The Morgan fingerprint density at radius 1 is 1.04 bits per heavy atom. The van der Waals surface area contributed by atoms with E-state index in [-0.39, 0.29) is 11.1 Å². The number of aromatic carboxylic acids is 1. The molecule has 0 aliphatic carbocycles. The third-order valence-corrected chi connectivity index (χ3v) is 3.95. The van der Waals surface area contributed by atoms with Crippen LogP contribution in [0.1, 0.15) is 16.1 Å². The molecule has 0 bridgehead atoms. The molecule has 23 heavy (non-hydrogen) atoms. The second-order valence-electron chi connectivity index (χ2n) is 5.32. The first kappa shape index (κ1) is 14.8. The van der Waals surface area contributed by atoms with Crippen LogP contribution in [0.5, 0.6) is 0 Å². The number of carboxylic acid groups (broad SMARTS) is 1. The predicted octanol–water partition coefficient (Wildman–Crippen LogP) is 2.85. The number of para-hydroxylation sites is 1. The average Bonchev–Trinajstić information content (AvgIpc) is 2.78. The van der Waals surface area contributed by atoms with Crippen LogP contribution in [-0.2, 0) is 7.05 Å². The van der Waals surface area contributed by atoms with Crippen molar-refractivity contribution in [2.24, 2.45) is 7.05 Å². The van der Waals surface area contributed by atoms with Gasteiger partial charge in [0.25, 0.3) is 5.56 Å². The van der Waals surface area contributed by atoms with Crippen LogP contribution in [0, 0.1) is 6.92 Å². The van der Waals surface area contributed by atoms with Crippen LogP contribution < -0.4 is 5.56 Å². The Hall–Kier alpha value is -3.08. The molecule has 0 fully saturated rings. The van der Waals surface area contributed by atoms with Gasteiger partial charge >= 0.3 is 5.97 Å². The van der Waals surface area contributed by atoms with E-state index in [0.717, 1.165) is 11.4 Å². The highest BCUT2D eigenvalue weighted by molar-refractivity contribution is 5.89. The van der Waals surface area contributed by atoms with Gasteiger partial charge in [0, 0.05) is 12.7 Å². The molecule has 0 saturated carbocycles. The van der Waals surface area contributed by atoms with Gasteiger partial charge in [-0.15, -0.1) is 0 Å². The second-order valence-corrected chi connectivity index (χ2v) is 5.32. The van der Waals surface area contributed by atoms with Crippen molar-refractivity contribution in [1.82, 2.24) is 9.36 Å². The molecule has 0 saturated heterocycles. The van der Waals surface area contributed by atoms with Crippen LogP contribution >= 0.6 is 0 Å². The van der Waals surface area contributed by atoms with Crippen LogP contribution in [-0.4, -0.2) is 20.4 Å². The van der Waals surface area contributed by atoms with E-state index in [2.05, 4.69) is 0 Å². The Labute approximate surface area is 133 Å². The summed E-state index contributed by atoms with van der Waals surface area (Å²) in [5, 5.41) is 9.14. The molecule has 0 aliphatic heterocycles. The monoisotopic (exact) mass is 308 g/mol. The van der Waals surface area contributed by atoms with E-state index in [9.17, 15) is 9.59 Å². The van der Waals surface area contributed by atoms with E-state index in [1.54, 1.807) is 21.5 Å². The zero-order valence-electron chi connectivity index (χ0n) is 12.9. The van der Waals surface area contributed by atoms with Crippen LogP contribution in [0.25, 0.3) is 16.8 Å². The van der Waals surface area contributed by atoms with Crippen molar-refractivity contribution in [3.05, 3.63) is 76.2 Å². The minimum absolute atomic E-state index is 0.163. The highest BCUT2D eigenvalue weighted by Gasteiger charge is 2.18. The summed E-state index contributed by atoms with van der Waals surface area (Å²) in [6.45, 7) is 1.85. The lowest BCUT2D eigenvalue weighted by Crippen LogP contribution is -2.20. The lowest BCUT2D eigenvalue weighted by Gasteiger charge is -2.07. The van der Waals surface area contributed by atoms with Crippen LogP contribution in [0.15, 0.2) is 59.4 Å². The zero-order valence-corrected chi connectivity index (χ0v) is 12.9. The van der Waals surface area contributed by atoms with E-state index in [1.807, 2.05) is 44.3 Å². The maximum Gasteiger partial charge on any atom is 0.335 e. The van der Waals surface area contributed by atoms with Crippen molar-refractivity contribution >= 4 is 5.97 Å². The summed E-state index contributed by atoms with van der Waals surface area (Å²) < 4.78 is 3.36. The summed E-state index contributed by atoms with van der Waals surface area (Å²) in [4.78, 5) is 24.0. The normalized spacial score (nSPS) is 10.7. The Morgan fingerprint density at radius 3 is 2.39 bits per heavy atom. The van der Waals surface area contributed by atoms with Gasteiger partial charge in [-0.05, 0) is 36.8 Å². The molecular formula is C18H16N2O3. The number of aromatic nitrogens is 2. The Kier molecular flexibility index (Phi) is 3.62. The van der Waals surface area contributed by atoms with E-state index in [4.69, 9.17) is 5.11 Å². The predicted molar refractivity (Wildman–Crippen MR) is 88.1 cm³/mol. The summed E-state index contributed by atoms with van der Waals surface area (Å²) >= 11 is 0. The molecule has 3 rings (SSSR count). The van der Waals surface area contributed by atoms with Crippen LogP contribution in [0.2, 0.25) is 0 Å². The fourth-order valence-corrected chi connectivity index (χ4v) is 2.71. The molecule has 3 aromatic rings. The number of carbonyl (C=O) groups is 1. The topological polar surface area (TPSA) is 64.2 Å². The first-order valence-electron chi connectivity index (χ1n) is 7.18. The molecule has 1 aromatic heterocycles. The first-order chi connectivity index (χ1) is 11.0. The molecule has 116 valence electrons. The minimum atomic E-state index is -1.01. The number of hydrogen-bond donors (Lipinski definition) is 1. The fourth-order valence-electron chi connectivity index (χ4n) is 2.71. The maximum atomic E-state index is 12.9. The molecular weight excluding hydrogens is 292 g/mol. The number of carboxylic acids is 1. The minimum Gasteiger partial charge on any atom is -0.478 e. The van der Waals surface area contributed by atoms with Gasteiger partial charge in [0.15, 0.2) is 0 Å². The van der Waals surface area contributed by atoms with Crippen molar-refractivity contribution in [2.45, 2.75) is 6.92 Å². The van der Waals surface area contributed by atoms with Gasteiger partial charge in [0.2, 0.25) is 0 Å². The van der Waals surface area contributed by atoms with Crippen molar-refractivity contribution in [3.8, 4) is 16.8 Å². The molecule has 0 radical (unpaired) electrons. The second kappa shape index (κ2) is 5.61. The lowest BCUT2D eigenvalue weighted by molar-refractivity contribution is 0.0697. The molecule has 0 unspecified atom stereocenters. The van der Waals surface area contributed by atoms with E-state index < -0.39 is 5.97 Å². The van der Waals surface area contributed by atoms with Gasteiger partial charge in [0.05, 0.1) is 16.8 Å². The van der Waals surface area contributed by atoms with Gasteiger partial charge in [-0.25, -0.2) is 9.48 Å². The molecule has 0 aliphatic rings. The molecule has 1 N–H and O–H groups in total. The van der Waals surface area contributed by atoms with Gasteiger partial charge < -0.3 is 5.11 Å². The Balaban J connectivity index is 2.25. The smallest absolute Gasteiger partial charge is 0.335 e. The SMILES string of the molecule is Cc1c(-c2cccc(C(=O)O)c2)c(=O)n(-c2ccccc2)n1C. The molecule has 5 nitrogen and oxygen atoms in total. The van der Waals surface area contributed by atoms with Crippen molar-refractivity contribution < 1.29 is 9.90 Å².